The van der Waals surface area contributed by atoms with Crippen LogP contribution in [0, 0.1) is 11.7 Å². The average molecular weight is 232 g/mol. The molecule has 1 aromatic carbocycles. The van der Waals surface area contributed by atoms with Gasteiger partial charge in [-0.25, -0.2) is 4.39 Å². The van der Waals surface area contributed by atoms with E-state index >= 15 is 0 Å². The van der Waals surface area contributed by atoms with E-state index in [1.165, 1.54) is 18.6 Å². The summed E-state index contributed by atoms with van der Waals surface area (Å²) in [6, 6.07) is 6.39. The molecule has 0 radical (unpaired) electrons. The molecule has 0 spiro atoms. The summed E-state index contributed by atoms with van der Waals surface area (Å²) in [5, 5.41) is 0. The topological polar surface area (TPSA) is 17.1 Å². The van der Waals surface area contributed by atoms with E-state index in [0.29, 0.717) is 5.78 Å². The molecule has 0 aliphatic heterocycles. The van der Waals surface area contributed by atoms with Crippen LogP contribution in [0.3, 0.4) is 0 Å². The Morgan fingerprint density at radius 1 is 1.24 bits per heavy atom. The van der Waals surface area contributed by atoms with Gasteiger partial charge in [0.05, 0.1) is 0 Å². The maximum atomic E-state index is 12.7. The molecular formula is C15H17FO. The van der Waals surface area contributed by atoms with E-state index in [-0.39, 0.29) is 11.7 Å². The van der Waals surface area contributed by atoms with Crippen LogP contribution >= 0.6 is 0 Å². The van der Waals surface area contributed by atoms with Crippen LogP contribution in [-0.4, -0.2) is 5.78 Å². The summed E-state index contributed by atoms with van der Waals surface area (Å²) in [6.45, 7) is 0. The first kappa shape index (κ1) is 12.0. The quantitative estimate of drug-likeness (QED) is 0.770. The fourth-order valence-electron chi connectivity index (χ4n) is 2.25. The van der Waals surface area contributed by atoms with Gasteiger partial charge in [-0.2, -0.15) is 0 Å². The average Bonchev–Trinajstić information content (AvgIpc) is 2.34. The minimum atomic E-state index is -0.218. The first-order valence-electron chi connectivity index (χ1n) is 6.20. The molecular weight excluding hydrogens is 215 g/mol. The Morgan fingerprint density at radius 2 is 2.00 bits per heavy atom. The second-order valence-electron chi connectivity index (χ2n) is 4.60. The molecule has 0 bridgehead atoms. The molecule has 1 atom stereocenters. The standard InChI is InChI=1S/C15H17FO/c16-14-10-8-12(9-11-14)4-3-6-13-5-1-2-7-15(13)17/h3-4,8-11,13H,1-2,5-7H2/b4-3+. The molecule has 1 aliphatic rings. The van der Waals surface area contributed by atoms with Gasteiger partial charge < -0.3 is 0 Å². The lowest BCUT2D eigenvalue weighted by Gasteiger charge is -2.18. The smallest absolute Gasteiger partial charge is 0.136 e. The van der Waals surface area contributed by atoms with Crippen molar-refractivity contribution >= 4 is 11.9 Å². The second-order valence-corrected chi connectivity index (χ2v) is 4.60. The van der Waals surface area contributed by atoms with Crippen molar-refractivity contribution < 1.29 is 9.18 Å². The van der Waals surface area contributed by atoms with Crippen molar-refractivity contribution in [3.8, 4) is 0 Å². The number of carbonyl (C=O) groups excluding carboxylic acids is 1. The molecule has 1 unspecified atom stereocenters. The van der Waals surface area contributed by atoms with Gasteiger partial charge in [0.15, 0.2) is 0 Å². The molecule has 0 amide bonds. The summed E-state index contributed by atoms with van der Waals surface area (Å²) in [4.78, 5) is 11.6. The van der Waals surface area contributed by atoms with Gasteiger partial charge in [-0.15, -0.1) is 0 Å². The Bertz CT molecular complexity index is 405. The van der Waals surface area contributed by atoms with E-state index in [2.05, 4.69) is 0 Å². The van der Waals surface area contributed by atoms with Crippen LogP contribution in [0.2, 0.25) is 0 Å². The number of Topliss-reactive ketones (excluding diaryl/α,β-unsaturated/α-hetero) is 1. The summed E-state index contributed by atoms with van der Waals surface area (Å²) in [5.41, 5.74) is 0.981. The zero-order chi connectivity index (χ0) is 12.1. The highest BCUT2D eigenvalue weighted by Crippen LogP contribution is 2.23. The number of rotatable bonds is 3. The summed E-state index contributed by atoms with van der Waals surface area (Å²) in [5.74, 6) is 0.394. The Hall–Kier alpha value is -1.44. The third-order valence-corrected chi connectivity index (χ3v) is 3.28. The summed E-state index contributed by atoms with van der Waals surface area (Å²) >= 11 is 0. The number of hydrogen-bond donors (Lipinski definition) is 0. The van der Waals surface area contributed by atoms with E-state index in [1.807, 2.05) is 12.2 Å². The Labute approximate surface area is 101 Å². The van der Waals surface area contributed by atoms with Gasteiger partial charge in [-0.3, -0.25) is 4.79 Å². The number of allylic oxidation sites excluding steroid dienone is 1. The monoisotopic (exact) mass is 232 g/mol. The SMILES string of the molecule is O=C1CCCCC1C/C=C/c1ccc(F)cc1. The molecule has 0 saturated heterocycles. The van der Waals surface area contributed by atoms with Crippen molar-refractivity contribution in [3.05, 3.63) is 41.7 Å². The fraction of sp³-hybridized carbons (Fsp3) is 0.400. The Balaban J connectivity index is 1.88. The molecule has 2 rings (SSSR count). The molecule has 90 valence electrons. The molecule has 0 N–H and O–H groups in total. The predicted octanol–water partition coefficient (Wildman–Crippen LogP) is 3.99. The number of benzene rings is 1. The van der Waals surface area contributed by atoms with Crippen LogP contribution < -0.4 is 0 Å². The molecule has 17 heavy (non-hydrogen) atoms. The van der Waals surface area contributed by atoms with Gasteiger partial charge in [0.2, 0.25) is 0 Å². The van der Waals surface area contributed by atoms with Crippen LogP contribution in [0.25, 0.3) is 6.08 Å². The van der Waals surface area contributed by atoms with E-state index in [4.69, 9.17) is 0 Å². The molecule has 1 saturated carbocycles. The van der Waals surface area contributed by atoms with E-state index < -0.39 is 0 Å². The summed E-state index contributed by atoms with van der Waals surface area (Å²) in [6.07, 6.45) is 8.79. The van der Waals surface area contributed by atoms with Gasteiger partial charge >= 0.3 is 0 Å². The third kappa shape index (κ3) is 3.52. The van der Waals surface area contributed by atoms with Crippen LogP contribution in [0.15, 0.2) is 30.3 Å². The first-order chi connectivity index (χ1) is 8.25. The zero-order valence-corrected chi connectivity index (χ0v) is 9.86. The van der Waals surface area contributed by atoms with Crippen molar-refractivity contribution in [1.29, 1.82) is 0 Å². The fourth-order valence-corrected chi connectivity index (χ4v) is 2.25. The minimum absolute atomic E-state index is 0.209. The van der Waals surface area contributed by atoms with Crippen molar-refractivity contribution in [3.63, 3.8) is 0 Å². The van der Waals surface area contributed by atoms with E-state index in [1.54, 1.807) is 12.1 Å². The Kier molecular flexibility index (Phi) is 4.08. The van der Waals surface area contributed by atoms with Crippen LogP contribution in [-0.2, 0) is 4.79 Å². The highest BCUT2D eigenvalue weighted by atomic mass is 19.1. The third-order valence-electron chi connectivity index (χ3n) is 3.28. The van der Waals surface area contributed by atoms with Crippen molar-refractivity contribution in [2.75, 3.05) is 0 Å². The normalized spacial score (nSPS) is 21.0. The van der Waals surface area contributed by atoms with Gasteiger partial charge in [0, 0.05) is 12.3 Å². The summed E-state index contributed by atoms with van der Waals surface area (Å²) in [7, 11) is 0. The highest BCUT2D eigenvalue weighted by molar-refractivity contribution is 5.81. The van der Waals surface area contributed by atoms with Gasteiger partial charge in [-0.05, 0) is 37.0 Å². The van der Waals surface area contributed by atoms with Crippen molar-refractivity contribution in [1.82, 2.24) is 0 Å². The minimum Gasteiger partial charge on any atom is -0.299 e. The van der Waals surface area contributed by atoms with Gasteiger partial charge in [-0.1, -0.05) is 30.7 Å². The molecule has 1 nitrogen and oxygen atoms in total. The lowest BCUT2D eigenvalue weighted by molar-refractivity contribution is -0.124. The van der Waals surface area contributed by atoms with Crippen LogP contribution in [0.1, 0.15) is 37.7 Å². The Morgan fingerprint density at radius 3 is 2.71 bits per heavy atom. The maximum absolute atomic E-state index is 12.7. The van der Waals surface area contributed by atoms with E-state index in [0.717, 1.165) is 31.2 Å². The number of halogens is 1. The van der Waals surface area contributed by atoms with Crippen molar-refractivity contribution in [2.24, 2.45) is 5.92 Å². The molecule has 2 heteroatoms. The lowest BCUT2D eigenvalue weighted by atomic mass is 9.85. The molecule has 0 heterocycles. The van der Waals surface area contributed by atoms with E-state index in [9.17, 15) is 9.18 Å². The second kappa shape index (κ2) is 5.76. The molecule has 0 aromatic heterocycles. The predicted molar refractivity (Wildman–Crippen MR) is 67.0 cm³/mol. The largest absolute Gasteiger partial charge is 0.299 e. The summed E-state index contributed by atoms with van der Waals surface area (Å²) < 4.78 is 12.7. The van der Waals surface area contributed by atoms with Crippen molar-refractivity contribution in [2.45, 2.75) is 32.1 Å². The number of carbonyl (C=O) groups is 1. The van der Waals surface area contributed by atoms with Gasteiger partial charge in [0.25, 0.3) is 0 Å². The molecule has 1 aliphatic carbocycles. The molecule has 1 fully saturated rings. The van der Waals surface area contributed by atoms with Crippen LogP contribution in [0.4, 0.5) is 4.39 Å². The number of ketones is 1. The number of hydrogen-bond acceptors (Lipinski definition) is 1. The van der Waals surface area contributed by atoms with Gasteiger partial charge in [0.1, 0.15) is 11.6 Å². The highest BCUT2D eigenvalue weighted by Gasteiger charge is 2.20. The first-order valence-corrected chi connectivity index (χ1v) is 6.20. The molecule has 1 aromatic rings. The van der Waals surface area contributed by atoms with Crippen LogP contribution in [0.5, 0.6) is 0 Å². The maximum Gasteiger partial charge on any atom is 0.136 e. The lowest BCUT2D eigenvalue weighted by Crippen LogP contribution is -2.17. The zero-order valence-electron chi connectivity index (χ0n) is 9.86.